The highest BCUT2D eigenvalue weighted by Crippen LogP contribution is 2.20. The molecule has 0 saturated heterocycles. The van der Waals surface area contributed by atoms with Crippen molar-refractivity contribution in [1.82, 2.24) is 15.0 Å². The molecule has 8 aromatic rings. The summed E-state index contributed by atoms with van der Waals surface area (Å²) in [6, 6.07) is 84.9. The molecule has 0 atom stereocenters. The van der Waals surface area contributed by atoms with Gasteiger partial charge in [0, 0.05) is 12.8 Å². The third-order valence-corrected chi connectivity index (χ3v) is 11.0. The summed E-state index contributed by atoms with van der Waals surface area (Å²) < 4.78 is 0. The van der Waals surface area contributed by atoms with Crippen molar-refractivity contribution in [3.63, 3.8) is 0 Å². The molecule has 0 N–H and O–H groups in total. The van der Waals surface area contributed by atoms with Gasteiger partial charge in [0.15, 0.2) is 0 Å². The first-order chi connectivity index (χ1) is 32.2. The van der Waals surface area contributed by atoms with E-state index >= 15 is 0 Å². The minimum atomic E-state index is 0.493. The van der Waals surface area contributed by atoms with E-state index in [1.165, 1.54) is 33.4 Å². The van der Waals surface area contributed by atoms with E-state index in [9.17, 15) is 0 Å². The predicted octanol–water partition coefficient (Wildman–Crippen LogP) is 13.0. The Balaban J connectivity index is 1.26. The van der Waals surface area contributed by atoms with Crippen LogP contribution in [0.1, 0.15) is 57.3 Å². The highest BCUT2D eigenvalue weighted by molar-refractivity contribution is 6.19. The van der Waals surface area contributed by atoms with E-state index < -0.39 is 0 Å². The smallest absolute Gasteiger partial charge is 0.0734 e. The van der Waals surface area contributed by atoms with Crippen LogP contribution < -0.4 is 0 Å². The summed E-state index contributed by atoms with van der Waals surface area (Å²) in [5.74, 6) is 0. The Bertz CT molecular complexity index is 2410. The Hall–Kier alpha value is -7.83. The predicted molar refractivity (Wildman–Crippen MR) is 269 cm³/mol. The molecule has 6 nitrogen and oxygen atoms in total. The molecule has 65 heavy (non-hydrogen) atoms. The highest BCUT2D eigenvalue weighted by Gasteiger charge is 2.19. The molecule has 0 aliphatic heterocycles. The Morgan fingerprint density at radius 2 is 0.446 bits per heavy atom. The number of hydrazone groups is 3. The zero-order valence-electron chi connectivity index (χ0n) is 36.9. The summed E-state index contributed by atoms with van der Waals surface area (Å²) in [7, 11) is 0. The molecule has 0 aliphatic rings. The van der Waals surface area contributed by atoms with Gasteiger partial charge in [-0.05, 0) is 44.5 Å². The van der Waals surface area contributed by atoms with Gasteiger partial charge >= 0.3 is 0 Å². The molecule has 0 radical (unpaired) electrons. The molecule has 6 heteroatoms. The van der Waals surface area contributed by atoms with Crippen LogP contribution in [0.4, 0.5) is 0 Å². The van der Waals surface area contributed by atoms with Crippen molar-refractivity contribution < 1.29 is 0 Å². The number of rotatable bonds is 21. The molecule has 0 fully saturated rings. The Morgan fingerprint density at radius 3 is 0.677 bits per heavy atom. The topological polar surface area (TPSA) is 46.8 Å². The molecule has 0 amide bonds. The van der Waals surface area contributed by atoms with E-state index in [1.807, 2.05) is 0 Å². The first kappa shape index (κ1) is 43.8. The molecule has 0 unspecified atom stereocenters. The van der Waals surface area contributed by atoms with E-state index in [2.05, 4.69) is 258 Å². The van der Waals surface area contributed by atoms with Crippen LogP contribution in [0.25, 0.3) is 0 Å². The van der Waals surface area contributed by atoms with Crippen molar-refractivity contribution in [2.75, 3.05) is 0 Å². The summed E-state index contributed by atoms with van der Waals surface area (Å²) in [5.41, 5.74) is 12.1. The van der Waals surface area contributed by atoms with E-state index in [0.29, 0.717) is 52.1 Å². The van der Waals surface area contributed by atoms with Crippen LogP contribution in [0.3, 0.4) is 0 Å². The van der Waals surface area contributed by atoms with E-state index in [1.54, 1.807) is 0 Å². The van der Waals surface area contributed by atoms with Crippen molar-refractivity contribution in [2.45, 2.75) is 52.1 Å². The van der Waals surface area contributed by atoms with E-state index in [-0.39, 0.29) is 0 Å². The van der Waals surface area contributed by atoms with Gasteiger partial charge < -0.3 is 0 Å². The molecule has 322 valence electrons. The normalized spacial score (nSPS) is 11.4. The molecule has 8 rings (SSSR count). The fraction of sp³-hybridized carbons (Fsp3) is 0.136. The maximum atomic E-state index is 5.70. The second-order valence-electron chi connectivity index (χ2n) is 16.2. The zero-order chi connectivity index (χ0) is 44.1. The van der Waals surface area contributed by atoms with Gasteiger partial charge in [-0.1, -0.05) is 243 Å². The third-order valence-electron chi connectivity index (χ3n) is 11.0. The zero-order valence-corrected chi connectivity index (χ0v) is 36.9. The van der Waals surface area contributed by atoms with Crippen molar-refractivity contribution >= 4 is 17.1 Å². The van der Waals surface area contributed by atoms with Crippen molar-refractivity contribution in [2.24, 2.45) is 15.3 Å². The van der Waals surface area contributed by atoms with Crippen LogP contribution >= 0.6 is 0 Å². The van der Waals surface area contributed by atoms with Gasteiger partial charge in [0.1, 0.15) is 0 Å². The molecule has 0 aromatic heterocycles. The van der Waals surface area contributed by atoms with Crippen molar-refractivity contribution in [1.29, 1.82) is 0 Å². The average Bonchev–Trinajstić information content (AvgIpc) is 3.36. The minimum Gasteiger partial charge on any atom is -0.288 e. The lowest BCUT2D eigenvalue weighted by atomic mass is 9.98. The summed E-state index contributed by atoms with van der Waals surface area (Å²) in [6.45, 7) is 3.87. The fourth-order valence-corrected chi connectivity index (χ4v) is 7.86. The maximum absolute atomic E-state index is 5.70. The van der Waals surface area contributed by atoms with Gasteiger partial charge in [-0.15, -0.1) is 0 Å². The minimum absolute atomic E-state index is 0.493. The third kappa shape index (κ3) is 14.1. The first-order valence-electron chi connectivity index (χ1n) is 22.5. The van der Waals surface area contributed by atoms with Crippen molar-refractivity contribution in [3.8, 4) is 0 Å². The lowest BCUT2D eigenvalue weighted by molar-refractivity contribution is 0.267. The quantitative estimate of drug-likeness (QED) is 0.0534. The largest absolute Gasteiger partial charge is 0.288 e. The van der Waals surface area contributed by atoms with Crippen LogP contribution in [0, 0.1) is 0 Å². The number of nitrogens with zero attached hydrogens (tertiary/aromatic N) is 6. The van der Waals surface area contributed by atoms with Gasteiger partial charge in [0.2, 0.25) is 0 Å². The van der Waals surface area contributed by atoms with Crippen LogP contribution in [-0.4, -0.2) is 32.2 Å². The summed E-state index contributed by atoms with van der Waals surface area (Å²) >= 11 is 0. The lowest BCUT2D eigenvalue weighted by Crippen LogP contribution is -2.26. The molecular formula is C59H56N6. The summed E-state index contributed by atoms with van der Waals surface area (Å²) in [5, 5.41) is 23.5. The molecular weight excluding hydrogens is 793 g/mol. The summed E-state index contributed by atoms with van der Waals surface area (Å²) in [4.78, 5) is 0. The maximum Gasteiger partial charge on any atom is 0.0734 e. The average molecular weight is 849 g/mol. The van der Waals surface area contributed by atoms with E-state index in [4.69, 9.17) is 15.3 Å². The Labute approximate surface area is 385 Å². The molecule has 0 heterocycles. The lowest BCUT2D eigenvalue weighted by Gasteiger charge is -2.25. The SMILES string of the molecule is c1ccc(CN(Cc2ccccc2)N=C(C/C(=N\N(Cc2ccccc2)Cc2ccccc2)c2ccccc2)C/C(=N\N(Cc2ccccc2)Cc2ccccc2)c2ccccc2)cc1. The van der Waals surface area contributed by atoms with Crippen LogP contribution in [0.15, 0.2) is 258 Å². The van der Waals surface area contributed by atoms with Gasteiger partial charge in [-0.2, -0.15) is 15.3 Å². The van der Waals surface area contributed by atoms with Crippen LogP contribution in [0.5, 0.6) is 0 Å². The Kier molecular flexibility index (Phi) is 15.9. The summed E-state index contributed by atoms with van der Waals surface area (Å²) in [6.07, 6.45) is 0.987. The van der Waals surface area contributed by atoms with Crippen LogP contribution in [0.2, 0.25) is 0 Å². The van der Waals surface area contributed by atoms with E-state index in [0.717, 1.165) is 28.3 Å². The molecule has 0 spiro atoms. The monoisotopic (exact) mass is 848 g/mol. The van der Waals surface area contributed by atoms with Gasteiger partial charge in [0.05, 0.1) is 56.4 Å². The van der Waals surface area contributed by atoms with Crippen LogP contribution in [-0.2, 0) is 39.3 Å². The number of hydrogen-bond acceptors (Lipinski definition) is 6. The molecule has 8 aromatic carbocycles. The standard InChI is InChI=1S/C59H56N6/c1-9-25-49(26-10-1)43-63(44-50-27-11-2-12-28-50)60-57(41-58(55-37-21-7-22-38-55)61-64(45-51-29-13-3-14-30-51)46-52-31-15-4-16-32-52)42-59(56-39-23-8-24-40-56)62-65(47-53-33-17-5-18-34-53)48-54-35-19-6-20-36-54/h1-40H,41-48H2/b61-58+,62-59+. The molecule has 0 aliphatic carbocycles. The van der Waals surface area contributed by atoms with Crippen molar-refractivity contribution in [3.05, 3.63) is 287 Å². The first-order valence-corrected chi connectivity index (χ1v) is 22.5. The number of hydrogen-bond donors (Lipinski definition) is 0. The van der Waals surface area contributed by atoms with Gasteiger partial charge in [-0.3, -0.25) is 15.0 Å². The van der Waals surface area contributed by atoms with Gasteiger partial charge in [-0.25, -0.2) is 0 Å². The number of benzene rings is 8. The Morgan fingerprint density at radius 1 is 0.246 bits per heavy atom. The second-order valence-corrected chi connectivity index (χ2v) is 16.2. The fourth-order valence-electron chi connectivity index (χ4n) is 7.86. The second kappa shape index (κ2) is 23.6. The highest BCUT2D eigenvalue weighted by atomic mass is 15.5. The molecule has 0 bridgehead atoms. The molecule has 0 saturated carbocycles. The van der Waals surface area contributed by atoms with Gasteiger partial charge in [0.25, 0.3) is 0 Å².